The molecule has 0 radical (unpaired) electrons. The molecule has 0 fully saturated rings. The molecule has 0 heterocycles. The SMILES string of the molecule is Br.CCCN(CCN(C(N)=O)c1ccccc1)C(C)CC. The Kier molecular flexibility index (Phi) is 10.1. The average molecular weight is 358 g/mol. The predicted octanol–water partition coefficient (Wildman–Crippen LogP) is 3.66. The molecule has 1 rings (SSSR count). The van der Waals surface area contributed by atoms with Gasteiger partial charge >= 0.3 is 6.03 Å². The molecule has 21 heavy (non-hydrogen) atoms. The van der Waals surface area contributed by atoms with Crippen LogP contribution in [0.4, 0.5) is 10.5 Å². The van der Waals surface area contributed by atoms with Crippen LogP contribution in [0.3, 0.4) is 0 Å². The van der Waals surface area contributed by atoms with Gasteiger partial charge in [0.25, 0.3) is 0 Å². The van der Waals surface area contributed by atoms with E-state index in [0.29, 0.717) is 12.6 Å². The third-order valence-corrected chi connectivity index (χ3v) is 3.67. The van der Waals surface area contributed by atoms with Crippen LogP contribution in [-0.4, -0.2) is 36.6 Å². The first kappa shape index (κ1) is 19.9. The van der Waals surface area contributed by atoms with Crippen LogP contribution in [0.25, 0.3) is 0 Å². The fourth-order valence-electron chi connectivity index (χ4n) is 2.30. The standard InChI is InChI=1S/C16H27N3O.BrH/c1-4-11-18(14(3)5-2)12-13-19(16(17)20)15-9-7-6-8-10-15;/h6-10,14H,4-5,11-13H2,1-3H3,(H2,17,20);1H. The van der Waals surface area contributed by atoms with Gasteiger partial charge in [-0.25, -0.2) is 4.79 Å². The van der Waals surface area contributed by atoms with Gasteiger partial charge in [0.2, 0.25) is 0 Å². The van der Waals surface area contributed by atoms with E-state index in [0.717, 1.165) is 31.6 Å². The number of hydrogen-bond acceptors (Lipinski definition) is 2. The molecule has 1 aromatic carbocycles. The number of rotatable bonds is 8. The molecule has 1 unspecified atom stereocenters. The Morgan fingerprint density at radius 3 is 2.24 bits per heavy atom. The lowest BCUT2D eigenvalue weighted by Crippen LogP contribution is -2.44. The van der Waals surface area contributed by atoms with Crippen LogP contribution in [0.5, 0.6) is 0 Å². The lowest BCUT2D eigenvalue weighted by Gasteiger charge is -2.30. The maximum absolute atomic E-state index is 11.6. The normalized spacial score (nSPS) is 11.8. The first-order valence-corrected chi connectivity index (χ1v) is 7.46. The van der Waals surface area contributed by atoms with E-state index in [1.807, 2.05) is 30.3 Å². The summed E-state index contributed by atoms with van der Waals surface area (Å²) in [7, 11) is 0. The van der Waals surface area contributed by atoms with Crippen molar-refractivity contribution in [1.29, 1.82) is 0 Å². The number of benzene rings is 1. The molecule has 1 atom stereocenters. The molecule has 0 saturated carbocycles. The average Bonchev–Trinajstić information content (AvgIpc) is 2.46. The van der Waals surface area contributed by atoms with Crippen molar-refractivity contribution in [2.75, 3.05) is 24.5 Å². The fourth-order valence-corrected chi connectivity index (χ4v) is 2.30. The fraction of sp³-hybridized carbons (Fsp3) is 0.562. The highest BCUT2D eigenvalue weighted by atomic mass is 79.9. The molecule has 0 aromatic heterocycles. The lowest BCUT2D eigenvalue weighted by molar-refractivity contribution is 0.207. The highest BCUT2D eigenvalue weighted by molar-refractivity contribution is 8.93. The molecule has 120 valence electrons. The zero-order chi connectivity index (χ0) is 15.0. The van der Waals surface area contributed by atoms with Gasteiger partial charge in [-0.15, -0.1) is 17.0 Å². The van der Waals surface area contributed by atoms with Crippen LogP contribution < -0.4 is 10.6 Å². The van der Waals surface area contributed by atoms with Gasteiger partial charge in [-0.2, -0.15) is 0 Å². The van der Waals surface area contributed by atoms with E-state index in [1.165, 1.54) is 0 Å². The van der Waals surface area contributed by atoms with Crippen LogP contribution in [0.2, 0.25) is 0 Å². The van der Waals surface area contributed by atoms with Crippen molar-refractivity contribution in [3.05, 3.63) is 30.3 Å². The zero-order valence-corrected chi connectivity index (χ0v) is 15.0. The minimum Gasteiger partial charge on any atom is -0.351 e. The van der Waals surface area contributed by atoms with Crippen molar-refractivity contribution in [1.82, 2.24) is 4.90 Å². The molecule has 0 spiro atoms. The Hall–Kier alpha value is -1.07. The number of nitrogens with zero attached hydrogens (tertiary/aromatic N) is 2. The topological polar surface area (TPSA) is 49.6 Å². The molecule has 5 heteroatoms. The van der Waals surface area contributed by atoms with Gasteiger partial charge in [0, 0.05) is 24.8 Å². The van der Waals surface area contributed by atoms with E-state index in [4.69, 9.17) is 5.73 Å². The molecule has 1 aromatic rings. The van der Waals surface area contributed by atoms with Gasteiger partial charge in [0.15, 0.2) is 0 Å². The van der Waals surface area contributed by atoms with Crippen molar-refractivity contribution in [2.24, 2.45) is 5.73 Å². The summed E-state index contributed by atoms with van der Waals surface area (Å²) < 4.78 is 0. The number of carbonyl (C=O) groups excluding carboxylic acids is 1. The van der Waals surface area contributed by atoms with Crippen LogP contribution in [0.1, 0.15) is 33.6 Å². The number of amides is 2. The lowest BCUT2D eigenvalue weighted by atomic mass is 10.2. The molecule has 2 N–H and O–H groups in total. The number of para-hydroxylation sites is 1. The minimum atomic E-state index is -0.392. The van der Waals surface area contributed by atoms with Gasteiger partial charge in [-0.05, 0) is 38.4 Å². The molecule has 0 aliphatic carbocycles. The predicted molar refractivity (Wildman–Crippen MR) is 95.3 cm³/mol. The second-order valence-electron chi connectivity index (χ2n) is 5.12. The Labute approximate surface area is 139 Å². The number of carbonyl (C=O) groups is 1. The summed E-state index contributed by atoms with van der Waals surface area (Å²) >= 11 is 0. The molecule has 0 bridgehead atoms. The Morgan fingerprint density at radius 2 is 1.76 bits per heavy atom. The summed E-state index contributed by atoms with van der Waals surface area (Å²) in [6.07, 6.45) is 2.23. The summed E-state index contributed by atoms with van der Waals surface area (Å²) in [5, 5.41) is 0. The van der Waals surface area contributed by atoms with Crippen molar-refractivity contribution < 1.29 is 4.79 Å². The highest BCUT2D eigenvalue weighted by Crippen LogP contribution is 2.13. The first-order valence-electron chi connectivity index (χ1n) is 7.46. The molecular weight excluding hydrogens is 330 g/mol. The van der Waals surface area contributed by atoms with Gasteiger partial charge < -0.3 is 5.73 Å². The summed E-state index contributed by atoms with van der Waals surface area (Å²) in [4.78, 5) is 15.7. The zero-order valence-electron chi connectivity index (χ0n) is 13.3. The van der Waals surface area contributed by atoms with E-state index in [9.17, 15) is 4.79 Å². The molecule has 0 aliphatic heterocycles. The number of anilines is 1. The van der Waals surface area contributed by atoms with E-state index in [-0.39, 0.29) is 17.0 Å². The third kappa shape index (κ3) is 6.48. The first-order chi connectivity index (χ1) is 9.60. The summed E-state index contributed by atoms with van der Waals surface area (Å²) in [5.41, 5.74) is 6.37. The number of primary amides is 1. The third-order valence-electron chi connectivity index (χ3n) is 3.67. The highest BCUT2D eigenvalue weighted by Gasteiger charge is 2.16. The minimum absolute atomic E-state index is 0. The molecule has 2 amide bonds. The Balaban J connectivity index is 0.00000400. The van der Waals surface area contributed by atoms with Gasteiger partial charge in [-0.1, -0.05) is 32.0 Å². The van der Waals surface area contributed by atoms with Gasteiger partial charge in [0.05, 0.1) is 0 Å². The van der Waals surface area contributed by atoms with E-state index in [2.05, 4.69) is 25.7 Å². The van der Waals surface area contributed by atoms with Crippen LogP contribution >= 0.6 is 17.0 Å². The van der Waals surface area contributed by atoms with Crippen LogP contribution in [0, 0.1) is 0 Å². The maximum atomic E-state index is 11.6. The quantitative estimate of drug-likeness (QED) is 0.771. The smallest absolute Gasteiger partial charge is 0.319 e. The second kappa shape index (κ2) is 10.6. The van der Waals surface area contributed by atoms with Crippen LogP contribution in [-0.2, 0) is 0 Å². The molecule has 4 nitrogen and oxygen atoms in total. The van der Waals surface area contributed by atoms with E-state index < -0.39 is 6.03 Å². The van der Waals surface area contributed by atoms with Crippen molar-refractivity contribution >= 4 is 28.7 Å². The monoisotopic (exact) mass is 357 g/mol. The summed E-state index contributed by atoms with van der Waals surface area (Å²) in [6, 6.07) is 9.74. The number of halogens is 1. The molecule has 0 saturated heterocycles. The van der Waals surface area contributed by atoms with Crippen molar-refractivity contribution in [3.63, 3.8) is 0 Å². The maximum Gasteiger partial charge on any atom is 0.319 e. The number of hydrogen-bond donors (Lipinski definition) is 1. The summed E-state index contributed by atoms with van der Waals surface area (Å²) in [5.74, 6) is 0. The van der Waals surface area contributed by atoms with E-state index in [1.54, 1.807) is 4.90 Å². The molecule has 0 aliphatic rings. The number of urea groups is 1. The van der Waals surface area contributed by atoms with Crippen molar-refractivity contribution in [3.8, 4) is 0 Å². The van der Waals surface area contributed by atoms with E-state index >= 15 is 0 Å². The van der Waals surface area contributed by atoms with Gasteiger partial charge in [0.1, 0.15) is 0 Å². The Morgan fingerprint density at radius 1 is 1.14 bits per heavy atom. The van der Waals surface area contributed by atoms with Crippen molar-refractivity contribution in [2.45, 2.75) is 39.7 Å². The van der Waals surface area contributed by atoms with Gasteiger partial charge in [-0.3, -0.25) is 9.80 Å². The summed E-state index contributed by atoms with van der Waals surface area (Å²) in [6.45, 7) is 9.13. The molecular formula is C16H28BrN3O. The second-order valence-corrected chi connectivity index (χ2v) is 5.12. The van der Waals surface area contributed by atoms with Crippen LogP contribution in [0.15, 0.2) is 30.3 Å². The largest absolute Gasteiger partial charge is 0.351 e. The Bertz CT molecular complexity index is 400. The number of nitrogens with two attached hydrogens (primary N) is 1.